The molecule has 0 bridgehead atoms. The van der Waals surface area contributed by atoms with Gasteiger partial charge in [-0.2, -0.15) is 10.2 Å². The van der Waals surface area contributed by atoms with Crippen molar-refractivity contribution >= 4 is 0 Å². The molecule has 94 valence electrons. The third-order valence-electron chi connectivity index (χ3n) is 2.76. The van der Waals surface area contributed by atoms with E-state index in [1.807, 2.05) is 19.3 Å². The van der Waals surface area contributed by atoms with Crippen LogP contribution in [-0.4, -0.2) is 30.1 Å². The van der Waals surface area contributed by atoms with Crippen molar-refractivity contribution in [2.75, 3.05) is 0 Å². The normalized spacial score (nSPS) is 10.6. The van der Waals surface area contributed by atoms with Gasteiger partial charge < -0.3 is 5.11 Å². The Morgan fingerprint density at radius 3 is 2.68 bits per heavy atom. The molecule has 1 aromatic carbocycles. The number of aromatic nitrogens is 5. The molecule has 0 atom stereocenters. The molecule has 0 saturated carbocycles. The lowest BCUT2D eigenvalue weighted by atomic mass is 10.1. The van der Waals surface area contributed by atoms with E-state index in [1.165, 1.54) is 12.4 Å². The number of phenols is 1. The predicted molar refractivity (Wildman–Crippen MR) is 69.1 cm³/mol. The summed E-state index contributed by atoms with van der Waals surface area (Å²) in [6, 6.07) is 5.33. The molecule has 0 amide bonds. The molecular weight excluding hydrogens is 242 g/mol. The first kappa shape index (κ1) is 11.3. The van der Waals surface area contributed by atoms with Crippen LogP contribution in [-0.2, 0) is 7.05 Å². The molecule has 0 radical (unpaired) electrons. The average molecular weight is 253 g/mol. The van der Waals surface area contributed by atoms with Crippen LogP contribution in [0.25, 0.3) is 22.5 Å². The average Bonchev–Trinajstić information content (AvgIpc) is 2.86. The molecule has 6 nitrogen and oxygen atoms in total. The Balaban J connectivity index is 2.03. The minimum absolute atomic E-state index is 0.120. The van der Waals surface area contributed by atoms with Gasteiger partial charge in [-0.25, -0.2) is 4.98 Å². The summed E-state index contributed by atoms with van der Waals surface area (Å²) in [6.45, 7) is 0. The van der Waals surface area contributed by atoms with Crippen molar-refractivity contribution in [3.8, 4) is 28.3 Å². The van der Waals surface area contributed by atoms with Gasteiger partial charge in [0.15, 0.2) is 5.82 Å². The topological polar surface area (TPSA) is 76.7 Å². The molecule has 2 heterocycles. The van der Waals surface area contributed by atoms with Gasteiger partial charge in [-0.15, -0.1) is 5.10 Å². The third kappa shape index (κ3) is 2.15. The monoisotopic (exact) mass is 253 g/mol. The maximum absolute atomic E-state index is 10.1. The van der Waals surface area contributed by atoms with Crippen LogP contribution in [0.1, 0.15) is 0 Å². The first-order valence-electron chi connectivity index (χ1n) is 5.70. The molecule has 3 rings (SSSR count). The number of hydrogen-bond acceptors (Lipinski definition) is 5. The van der Waals surface area contributed by atoms with Crippen LogP contribution in [0.15, 0.2) is 43.0 Å². The van der Waals surface area contributed by atoms with Gasteiger partial charge in [0.25, 0.3) is 0 Å². The van der Waals surface area contributed by atoms with Gasteiger partial charge in [-0.3, -0.25) is 4.68 Å². The van der Waals surface area contributed by atoms with Gasteiger partial charge in [-0.05, 0) is 17.7 Å². The van der Waals surface area contributed by atoms with E-state index < -0.39 is 0 Å². The van der Waals surface area contributed by atoms with Gasteiger partial charge in [-0.1, -0.05) is 6.07 Å². The van der Waals surface area contributed by atoms with E-state index >= 15 is 0 Å². The Morgan fingerprint density at radius 2 is 2.05 bits per heavy atom. The summed E-state index contributed by atoms with van der Waals surface area (Å²) >= 11 is 0. The second-order valence-electron chi connectivity index (χ2n) is 4.10. The van der Waals surface area contributed by atoms with Gasteiger partial charge in [0.05, 0.1) is 18.0 Å². The van der Waals surface area contributed by atoms with Crippen molar-refractivity contribution in [1.29, 1.82) is 0 Å². The van der Waals surface area contributed by atoms with Gasteiger partial charge in [0.1, 0.15) is 5.75 Å². The smallest absolute Gasteiger partial charge is 0.185 e. The lowest BCUT2D eigenvalue weighted by Crippen LogP contribution is -1.90. The van der Waals surface area contributed by atoms with Gasteiger partial charge >= 0.3 is 0 Å². The molecule has 0 spiro atoms. The molecule has 0 fully saturated rings. The fourth-order valence-electron chi connectivity index (χ4n) is 1.84. The summed E-state index contributed by atoms with van der Waals surface area (Å²) in [5, 5.41) is 21.8. The molecular formula is C13H11N5O. The minimum atomic E-state index is 0.120. The highest BCUT2D eigenvalue weighted by Gasteiger charge is 2.09. The first-order valence-corrected chi connectivity index (χ1v) is 5.70. The maximum Gasteiger partial charge on any atom is 0.185 e. The van der Waals surface area contributed by atoms with Crippen LogP contribution < -0.4 is 0 Å². The molecule has 0 aliphatic heterocycles. The first-order chi connectivity index (χ1) is 9.24. The Kier molecular flexibility index (Phi) is 2.68. The molecule has 6 heteroatoms. The highest BCUT2D eigenvalue weighted by molar-refractivity contribution is 5.72. The van der Waals surface area contributed by atoms with E-state index in [0.717, 1.165) is 11.1 Å². The van der Waals surface area contributed by atoms with Crippen LogP contribution in [0.4, 0.5) is 0 Å². The third-order valence-corrected chi connectivity index (χ3v) is 2.76. The minimum Gasteiger partial charge on any atom is -0.507 e. The highest BCUT2D eigenvalue weighted by atomic mass is 16.3. The Labute approximate surface area is 109 Å². The summed E-state index contributed by atoms with van der Waals surface area (Å²) in [5.41, 5.74) is 2.38. The Morgan fingerprint density at radius 1 is 1.16 bits per heavy atom. The zero-order valence-corrected chi connectivity index (χ0v) is 10.2. The number of aromatic hydroxyl groups is 1. The standard InChI is InChI=1S/C13H11N5O/c1-18-8-10(7-16-18)9-2-3-11(12(19)6-9)13-14-4-5-15-17-13/h2-8,19H,1H3. The summed E-state index contributed by atoms with van der Waals surface area (Å²) in [4.78, 5) is 4.07. The number of aryl methyl sites for hydroxylation is 1. The van der Waals surface area contributed by atoms with Crippen molar-refractivity contribution in [1.82, 2.24) is 25.0 Å². The Bertz CT molecular complexity index is 708. The van der Waals surface area contributed by atoms with E-state index in [1.54, 1.807) is 23.0 Å². The fourth-order valence-corrected chi connectivity index (χ4v) is 1.84. The Hall–Kier alpha value is -2.76. The summed E-state index contributed by atoms with van der Waals surface area (Å²) in [5.74, 6) is 0.520. The number of benzene rings is 1. The molecule has 0 saturated heterocycles. The van der Waals surface area contributed by atoms with Crippen molar-refractivity contribution in [2.45, 2.75) is 0 Å². The molecule has 3 aromatic rings. The summed E-state index contributed by atoms with van der Waals surface area (Å²) in [6.07, 6.45) is 6.66. The van der Waals surface area contributed by atoms with E-state index in [2.05, 4.69) is 20.3 Å². The molecule has 2 aromatic heterocycles. The van der Waals surface area contributed by atoms with Crippen LogP contribution in [0.3, 0.4) is 0 Å². The summed E-state index contributed by atoms with van der Waals surface area (Å²) < 4.78 is 1.71. The fraction of sp³-hybridized carbons (Fsp3) is 0.0769. The zero-order valence-electron chi connectivity index (χ0n) is 10.2. The van der Waals surface area contributed by atoms with E-state index in [9.17, 15) is 5.11 Å². The number of rotatable bonds is 2. The molecule has 1 N–H and O–H groups in total. The zero-order chi connectivity index (χ0) is 13.2. The molecule has 0 unspecified atom stereocenters. The lowest BCUT2D eigenvalue weighted by Gasteiger charge is -2.04. The molecule has 19 heavy (non-hydrogen) atoms. The van der Waals surface area contributed by atoms with E-state index in [0.29, 0.717) is 11.4 Å². The highest BCUT2D eigenvalue weighted by Crippen LogP contribution is 2.30. The van der Waals surface area contributed by atoms with Crippen molar-refractivity contribution in [3.63, 3.8) is 0 Å². The predicted octanol–water partition coefficient (Wildman–Crippen LogP) is 1.64. The summed E-state index contributed by atoms with van der Waals surface area (Å²) in [7, 11) is 1.85. The van der Waals surface area contributed by atoms with Crippen molar-refractivity contribution in [2.24, 2.45) is 7.05 Å². The number of phenolic OH excluding ortho intramolecular Hbond substituents is 1. The lowest BCUT2D eigenvalue weighted by molar-refractivity contribution is 0.477. The SMILES string of the molecule is Cn1cc(-c2ccc(-c3nccnn3)c(O)c2)cn1. The van der Waals surface area contributed by atoms with Crippen molar-refractivity contribution < 1.29 is 5.11 Å². The number of hydrogen-bond donors (Lipinski definition) is 1. The quantitative estimate of drug-likeness (QED) is 0.751. The van der Waals surface area contributed by atoms with Crippen molar-refractivity contribution in [3.05, 3.63) is 43.0 Å². The van der Waals surface area contributed by atoms with Crippen LogP contribution >= 0.6 is 0 Å². The van der Waals surface area contributed by atoms with Gasteiger partial charge in [0.2, 0.25) is 0 Å². The number of nitrogens with zero attached hydrogens (tertiary/aromatic N) is 5. The van der Waals surface area contributed by atoms with E-state index in [4.69, 9.17) is 0 Å². The van der Waals surface area contributed by atoms with Crippen LogP contribution in [0.5, 0.6) is 5.75 Å². The van der Waals surface area contributed by atoms with Crippen LogP contribution in [0.2, 0.25) is 0 Å². The molecule has 0 aliphatic carbocycles. The van der Waals surface area contributed by atoms with Gasteiger partial charge in [0, 0.05) is 25.0 Å². The molecule has 0 aliphatic rings. The van der Waals surface area contributed by atoms with E-state index in [-0.39, 0.29) is 5.75 Å². The largest absolute Gasteiger partial charge is 0.507 e. The second-order valence-corrected chi connectivity index (χ2v) is 4.10. The second kappa shape index (κ2) is 4.49. The van der Waals surface area contributed by atoms with Crippen LogP contribution in [0, 0.1) is 0 Å². The maximum atomic E-state index is 10.1.